The summed E-state index contributed by atoms with van der Waals surface area (Å²) in [5.41, 5.74) is 6.22. The summed E-state index contributed by atoms with van der Waals surface area (Å²) in [6.45, 7) is -0.0600. The second-order valence-electron chi connectivity index (χ2n) is 3.99. The first-order valence-corrected chi connectivity index (χ1v) is 5.48. The molecule has 19 heavy (non-hydrogen) atoms. The molecule has 0 spiro atoms. The third kappa shape index (κ3) is 2.70. The van der Waals surface area contributed by atoms with Crippen molar-refractivity contribution in [3.05, 3.63) is 47.3 Å². The van der Waals surface area contributed by atoms with Gasteiger partial charge in [0.2, 0.25) is 0 Å². The molecule has 0 aliphatic rings. The number of carbonyl (C=O) groups is 1. The quantitative estimate of drug-likeness (QED) is 0.877. The normalized spacial score (nSPS) is 10.5. The molecule has 0 radical (unpaired) electrons. The lowest BCUT2D eigenvalue weighted by atomic mass is 10.2. The highest BCUT2D eigenvalue weighted by Gasteiger charge is 2.15. The van der Waals surface area contributed by atoms with Crippen molar-refractivity contribution >= 4 is 11.6 Å². The Labute approximate surface area is 108 Å². The van der Waals surface area contributed by atoms with Gasteiger partial charge in [-0.15, -0.1) is 0 Å². The molecule has 7 heteroatoms. The minimum absolute atomic E-state index is 0.0600. The fraction of sp³-hybridized carbons (Fsp3) is 0.167. The van der Waals surface area contributed by atoms with Crippen molar-refractivity contribution in [3.8, 4) is 0 Å². The summed E-state index contributed by atoms with van der Waals surface area (Å²) < 4.78 is 27.4. The van der Waals surface area contributed by atoms with Gasteiger partial charge >= 0.3 is 0 Å². The number of halogens is 2. The Hall–Kier alpha value is -2.44. The maximum Gasteiger partial charge on any atom is 0.271 e. The number of hydrogen-bond donors (Lipinski definition) is 2. The van der Waals surface area contributed by atoms with Crippen molar-refractivity contribution < 1.29 is 13.6 Å². The second kappa shape index (κ2) is 5.05. The lowest BCUT2D eigenvalue weighted by Gasteiger charge is -2.07. The van der Waals surface area contributed by atoms with Crippen LogP contribution in [0.5, 0.6) is 0 Å². The molecule has 2 aromatic rings. The van der Waals surface area contributed by atoms with Gasteiger partial charge in [-0.05, 0) is 6.07 Å². The van der Waals surface area contributed by atoms with Crippen LogP contribution in [0, 0.1) is 11.6 Å². The van der Waals surface area contributed by atoms with E-state index in [4.69, 9.17) is 5.73 Å². The number of hydrogen-bond acceptors (Lipinski definition) is 3. The zero-order chi connectivity index (χ0) is 14.0. The summed E-state index contributed by atoms with van der Waals surface area (Å²) in [7, 11) is 1.57. The number of aromatic nitrogens is 2. The van der Waals surface area contributed by atoms with Gasteiger partial charge in [0, 0.05) is 25.2 Å². The minimum Gasteiger partial charge on any atom is -0.396 e. The van der Waals surface area contributed by atoms with Crippen molar-refractivity contribution in [2.24, 2.45) is 7.05 Å². The highest BCUT2D eigenvalue weighted by Crippen LogP contribution is 2.11. The Bertz CT molecular complexity index is 605. The number of nitrogens with zero attached hydrogens (tertiary/aromatic N) is 2. The molecule has 0 bridgehead atoms. The largest absolute Gasteiger partial charge is 0.396 e. The Morgan fingerprint density at radius 2 is 2.21 bits per heavy atom. The molecule has 0 saturated carbocycles. The first-order chi connectivity index (χ1) is 8.99. The van der Waals surface area contributed by atoms with Crippen LogP contribution in [0.2, 0.25) is 0 Å². The van der Waals surface area contributed by atoms with E-state index in [1.807, 2.05) is 0 Å². The Kier molecular flexibility index (Phi) is 3.46. The van der Waals surface area contributed by atoms with Crippen LogP contribution in [0.1, 0.15) is 16.1 Å². The third-order valence-corrected chi connectivity index (χ3v) is 2.64. The lowest BCUT2D eigenvalue weighted by molar-refractivity contribution is 0.0942. The molecule has 0 aliphatic heterocycles. The van der Waals surface area contributed by atoms with E-state index in [-0.39, 0.29) is 23.5 Å². The molecule has 0 fully saturated rings. The first kappa shape index (κ1) is 13.0. The average molecular weight is 266 g/mol. The first-order valence-electron chi connectivity index (χ1n) is 5.48. The molecule has 1 aromatic carbocycles. The summed E-state index contributed by atoms with van der Waals surface area (Å²) in [6, 6.07) is 3.17. The molecule has 1 amide bonds. The minimum atomic E-state index is -0.710. The van der Waals surface area contributed by atoms with Gasteiger partial charge in [-0.3, -0.25) is 9.48 Å². The van der Waals surface area contributed by atoms with Gasteiger partial charge in [0.1, 0.15) is 17.3 Å². The molecule has 0 aliphatic carbocycles. The van der Waals surface area contributed by atoms with Crippen molar-refractivity contribution in [2.45, 2.75) is 6.54 Å². The molecule has 5 nitrogen and oxygen atoms in total. The van der Waals surface area contributed by atoms with Gasteiger partial charge in [0.25, 0.3) is 5.91 Å². The topological polar surface area (TPSA) is 72.9 Å². The second-order valence-corrected chi connectivity index (χ2v) is 3.99. The van der Waals surface area contributed by atoms with Crippen LogP contribution in [0.3, 0.4) is 0 Å². The molecule has 0 unspecified atom stereocenters. The van der Waals surface area contributed by atoms with Crippen LogP contribution in [-0.4, -0.2) is 15.7 Å². The predicted octanol–water partition coefficient (Wildman–Crippen LogP) is 1.21. The van der Waals surface area contributed by atoms with Crippen molar-refractivity contribution in [2.75, 3.05) is 5.73 Å². The number of nitrogen functional groups attached to an aromatic ring is 1. The van der Waals surface area contributed by atoms with Crippen LogP contribution >= 0.6 is 0 Å². The monoisotopic (exact) mass is 266 g/mol. The summed E-state index contributed by atoms with van der Waals surface area (Å²) >= 11 is 0. The van der Waals surface area contributed by atoms with Gasteiger partial charge in [-0.2, -0.15) is 5.10 Å². The summed E-state index contributed by atoms with van der Waals surface area (Å²) in [5.74, 6) is -1.84. The van der Waals surface area contributed by atoms with E-state index in [2.05, 4.69) is 10.4 Å². The van der Waals surface area contributed by atoms with Crippen LogP contribution in [0.25, 0.3) is 0 Å². The average Bonchev–Trinajstić information content (AvgIpc) is 2.68. The number of benzene rings is 1. The summed E-state index contributed by atoms with van der Waals surface area (Å²) in [6.07, 6.45) is 1.35. The van der Waals surface area contributed by atoms with Gasteiger partial charge < -0.3 is 11.1 Å². The number of aryl methyl sites for hydroxylation is 1. The summed E-state index contributed by atoms with van der Waals surface area (Å²) in [4.78, 5) is 11.9. The smallest absolute Gasteiger partial charge is 0.271 e. The predicted molar refractivity (Wildman–Crippen MR) is 65.1 cm³/mol. The zero-order valence-electron chi connectivity index (χ0n) is 10.2. The van der Waals surface area contributed by atoms with E-state index in [9.17, 15) is 13.6 Å². The van der Waals surface area contributed by atoms with Gasteiger partial charge in [0.05, 0.1) is 11.9 Å². The third-order valence-electron chi connectivity index (χ3n) is 2.64. The van der Waals surface area contributed by atoms with E-state index in [0.717, 1.165) is 12.1 Å². The van der Waals surface area contributed by atoms with Gasteiger partial charge in [-0.1, -0.05) is 6.07 Å². The Balaban J connectivity index is 2.09. The van der Waals surface area contributed by atoms with Crippen LogP contribution < -0.4 is 11.1 Å². The molecular formula is C12H12F2N4O. The van der Waals surface area contributed by atoms with E-state index >= 15 is 0 Å². The van der Waals surface area contributed by atoms with E-state index in [0.29, 0.717) is 0 Å². The number of carbonyl (C=O) groups excluding carboxylic acids is 1. The molecule has 2 rings (SSSR count). The number of nitrogens with one attached hydrogen (secondary N) is 1. The SMILES string of the molecule is Cn1ncc(N)c1C(=O)NCc1ccc(F)cc1F. The molecule has 3 N–H and O–H groups in total. The molecule has 0 saturated heterocycles. The summed E-state index contributed by atoms with van der Waals surface area (Å²) in [5, 5.41) is 6.33. The number of rotatable bonds is 3. The highest BCUT2D eigenvalue weighted by molar-refractivity contribution is 5.97. The Morgan fingerprint density at radius 1 is 1.47 bits per heavy atom. The number of nitrogens with two attached hydrogens (primary N) is 1. The fourth-order valence-corrected chi connectivity index (χ4v) is 1.66. The maximum absolute atomic E-state index is 13.4. The van der Waals surface area contributed by atoms with Crippen LogP contribution in [0.4, 0.5) is 14.5 Å². The highest BCUT2D eigenvalue weighted by atomic mass is 19.1. The number of amides is 1. The maximum atomic E-state index is 13.4. The van der Waals surface area contributed by atoms with E-state index < -0.39 is 17.5 Å². The zero-order valence-corrected chi connectivity index (χ0v) is 10.2. The number of anilines is 1. The van der Waals surface area contributed by atoms with Gasteiger partial charge in [0.15, 0.2) is 0 Å². The van der Waals surface area contributed by atoms with Crippen LogP contribution in [0.15, 0.2) is 24.4 Å². The lowest BCUT2D eigenvalue weighted by Crippen LogP contribution is -2.26. The fourth-order valence-electron chi connectivity index (χ4n) is 1.66. The molecule has 0 atom stereocenters. The molecule has 100 valence electrons. The molecular weight excluding hydrogens is 254 g/mol. The molecule has 1 aromatic heterocycles. The van der Waals surface area contributed by atoms with Crippen molar-refractivity contribution in [1.82, 2.24) is 15.1 Å². The van der Waals surface area contributed by atoms with Crippen LogP contribution in [-0.2, 0) is 13.6 Å². The Morgan fingerprint density at radius 3 is 2.79 bits per heavy atom. The van der Waals surface area contributed by atoms with Gasteiger partial charge in [-0.25, -0.2) is 8.78 Å². The van der Waals surface area contributed by atoms with Crippen molar-refractivity contribution in [3.63, 3.8) is 0 Å². The van der Waals surface area contributed by atoms with Crippen molar-refractivity contribution in [1.29, 1.82) is 0 Å². The standard InChI is InChI=1S/C12H12F2N4O/c1-18-11(10(15)6-17-18)12(19)16-5-7-2-3-8(13)4-9(7)14/h2-4,6H,5,15H2,1H3,(H,16,19). The van der Waals surface area contributed by atoms with E-state index in [1.54, 1.807) is 7.05 Å². The van der Waals surface area contributed by atoms with E-state index in [1.165, 1.54) is 16.9 Å². The molecule has 1 heterocycles.